The van der Waals surface area contributed by atoms with Gasteiger partial charge in [0.25, 0.3) is 0 Å². The van der Waals surface area contributed by atoms with Gasteiger partial charge in [-0.1, -0.05) is 176 Å². The number of nitrogens with zero attached hydrogens (tertiary/aromatic N) is 3. The van der Waals surface area contributed by atoms with Crippen LogP contribution in [-0.4, -0.2) is 9.97 Å². The maximum atomic E-state index is 5.44. The van der Waals surface area contributed by atoms with Crippen molar-refractivity contribution in [1.82, 2.24) is 9.97 Å². The van der Waals surface area contributed by atoms with E-state index in [2.05, 4.69) is 217 Å². The van der Waals surface area contributed by atoms with Crippen LogP contribution in [0.2, 0.25) is 0 Å². The van der Waals surface area contributed by atoms with Crippen molar-refractivity contribution < 1.29 is 0 Å². The van der Waals surface area contributed by atoms with Gasteiger partial charge in [0, 0.05) is 33.6 Å². The van der Waals surface area contributed by atoms with Crippen molar-refractivity contribution in [3.8, 4) is 44.8 Å². The molecule has 0 unspecified atom stereocenters. The van der Waals surface area contributed by atoms with Gasteiger partial charge in [0.05, 0.1) is 22.4 Å². The zero-order chi connectivity index (χ0) is 39.1. The Hall–Kier alpha value is -7.88. The Kier molecular flexibility index (Phi) is 8.49. The molecule has 1 heterocycles. The fourth-order valence-electron chi connectivity index (χ4n) is 8.55. The van der Waals surface area contributed by atoms with Crippen molar-refractivity contribution in [3.63, 3.8) is 0 Å². The van der Waals surface area contributed by atoms with Gasteiger partial charge < -0.3 is 4.90 Å². The highest BCUT2D eigenvalue weighted by atomic mass is 15.1. The number of anilines is 3. The van der Waals surface area contributed by atoms with Gasteiger partial charge in [-0.15, -0.1) is 0 Å². The Labute approximate surface area is 343 Å². The van der Waals surface area contributed by atoms with Gasteiger partial charge in [-0.05, 0) is 97.7 Å². The molecule has 0 bridgehead atoms. The Balaban J connectivity index is 1.00. The molecule has 0 N–H and O–H groups in total. The van der Waals surface area contributed by atoms with Crippen LogP contribution in [0, 0.1) is 0 Å². The van der Waals surface area contributed by atoms with Crippen molar-refractivity contribution in [2.75, 3.05) is 4.90 Å². The van der Waals surface area contributed by atoms with E-state index in [1.54, 1.807) is 0 Å². The van der Waals surface area contributed by atoms with Gasteiger partial charge in [-0.3, -0.25) is 0 Å². The van der Waals surface area contributed by atoms with E-state index in [9.17, 15) is 0 Å². The van der Waals surface area contributed by atoms with E-state index in [1.165, 1.54) is 33.0 Å². The van der Waals surface area contributed by atoms with Crippen LogP contribution in [0.4, 0.5) is 17.1 Å². The van der Waals surface area contributed by atoms with E-state index >= 15 is 0 Å². The van der Waals surface area contributed by atoms with Crippen molar-refractivity contribution in [1.29, 1.82) is 0 Å². The molecule has 276 valence electrons. The van der Waals surface area contributed by atoms with Crippen molar-refractivity contribution >= 4 is 60.4 Å². The zero-order valence-corrected chi connectivity index (χ0v) is 32.2. The highest BCUT2D eigenvalue weighted by molar-refractivity contribution is 6.19. The summed E-state index contributed by atoms with van der Waals surface area (Å²) in [6.07, 6.45) is 0. The highest BCUT2D eigenvalue weighted by Gasteiger charge is 2.18. The van der Waals surface area contributed by atoms with Gasteiger partial charge in [-0.2, -0.15) is 0 Å². The Morgan fingerprint density at radius 3 is 1.56 bits per heavy atom. The number of hydrogen-bond donors (Lipinski definition) is 0. The molecule has 0 amide bonds. The number of para-hydroxylation sites is 1. The molecule has 3 nitrogen and oxygen atoms in total. The minimum atomic E-state index is 0.882. The monoisotopic (exact) mass is 751 g/mol. The average molecular weight is 752 g/mol. The number of hydrogen-bond acceptors (Lipinski definition) is 3. The number of benzene rings is 10. The standard InChI is InChI=1S/C56H37N3/c1-4-15-41(16-5-1)54-55(42-17-6-2-7-18-42)58-56-52(57-54)35-30-40-24-25-45-36-44(29-34-51(45)53(40)56)50-23-13-12-22-49(50)39-27-31-47(32-28-39)59(46-20-8-3-9-21-46)48-33-26-38-14-10-11-19-43(38)37-48/h1-37H. The minimum absolute atomic E-state index is 0.882. The van der Waals surface area contributed by atoms with Gasteiger partial charge in [0.1, 0.15) is 0 Å². The molecule has 0 radical (unpaired) electrons. The van der Waals surface area contributed by atoms with Gasteiger partial charge in [0.2, 0.25) is 0 Å². The first-order valence-corrected chi connectivity index (χ1v) is 20.1. The first-order valence-electron chi connectivity index (χ1n) is 20.1. The van der Waals surface area contributed by atoms with Crippen LogP contribution in [-0.2, 0) is 0 Å². The summed E-state index contributed by atoms with van der Waals surface area (Å²) < 4.78 is 0. The molecule has 0 spiro atoms. The quantitative estimate of drug-likeness (QED) is 0.152. The summed E-state index contributed by atoms with van der Waals surface area (Å²) in [4.78, 5) is 13.1. The largest absolute Gasteiger partial charge is 0.310 e. The molecule has 0 fully saturated rings. The predicted molar refractivity (Wildman–Crippen MR) is 248 cm³/mol. The molecule has 0 aliphatic carbocycles. The molecule has 3 heteroatoms. The molecule has 0 saturated carbocycles. The fourth-order valence-corrected chi connectivity index (χ4v) is 8.55. The minimum Gasteiger partial charge on any atom is -0.310 e. The zero-order valence-electron chi connectivity index (χ0n) is 32.2. The SMILES string of the molecule is c1ccc(-c2nc3ccc4ccc5cc(-c6ccccc6-c6ccc(N(c7ccccc7)c7ccc8ccccc8c7)cc6)ccc5c4c3nc2-c2ccccc2)cc1. The lowest BCUT2D eigenvalue weighted by molar-refractivity contribution is 1.29. The van der Waals surface area contributed by atoms with Crippen LogP contribution in [0.25, 0.3) is 88.1 Å². The molecule has 1 aromatic heterocycles. The Morgan fingerprint density at radius 2 is 0.831 bits per heavy atom. The lowest BCUT2D eigenvalue weighted by atomic mass is 9.92. The van der Waals surface area contributed by atoms with Gasteiger partial charge in [0.15, 0.2) is 0 Å². The number of aromatic nitrogens is 2. The third-order valence-electron chi connectivity index (χ3n) is 11.4. The number of fused-ring (bicyclic) bond motifs is 6. The van der Waals surface area contributed by atoms with Gasteiger partial charge in [-0.25, -0.2) is 9.97 Å². The maximum Gasteiger partial charge on any atom is 0.0979 e. The molecule has 11 aromatic rings. The molecule has 0 saturated heterocycles. The van der Waals surface area contributed by atoms with E-state index < -0.39 is 0 Å². The molecular weight excluding hydrogens is 715 g/mol. The topological polar surface area (TPSA) is 29.0 Å². The molecular formula is C56H37N3. The van der Waals surface area contributed by atoms with Crippen molar-refractivity contribution in [2.24, 2.45) is 0 Å². The van der Waals surface area contributed by atoms with Crippen molar-refractivity contribution in [3.05, 3.63) is 224 Å². The molecule has 59 heavy (non-hydrogen) atoms. The fraction of sp³-hybridized carbons (Fsp3) is 0. The molecule has 0 aliphatic heterocycles. The summed E-state index contributed by atoms with van der Waals surface area (Å²) in [6.45, 7) is 0. The highest BCUT2D eigenvalue weighted by Crippen LogP contribution is 2.41. The molecule has 11 rings (SSSR count). The lowest BCUT2D eigenvalue weighted by Gasteiger charge is -2.26. The van der Waals surface area contributed by atoms with E-state index in [4.69, 9.17) is 9.97 Å². The smallest absolute Gasteiger partial charge is 0.0979 e. The third-order valence-corrected chi connectivity index (χ3v) is 11.4. The van der Waals surface area contributed by atoms with Crippen LogP contribution in [0.1, 0.15) is 0 Å². The van der Waals surface area contributed by atoms with Crippen LogP contribution in [0.15, 0.2) is 224 Å². The normalized spacial score (nSPS) is 11.4. The second-order valence-electron chi connectivity index (χ2n) is 15.0. The summed E-state index contributed by atoms with van der Waals surface area (Å²) in [6, 6.07) is 79.9. The molecule has 0 aliphatic rings. The van der Waals surface area contributed by atoms with E-state index in [1.807, 2.05) is 12.1 Å². The Morgan fingerprint density at radius 1 is 0.305 bits per heavy atom. The van der Waals surface area contributed by atoms with E-state index in [0.29, 0.717) is 0 Å². The van der Waals surface area contributed by atoms with Crippen LogP contribution < -0.4 is 4.90 Å². The predicted octanol–water partition coefficient (Wildman–Crippen LogP) is 15.2. The Bertz CT molecular complexity index is 3310. The average Bonchev–Trinajstić information content (AvgIpc) is 3.32. The van der Waals surface area contributed by atoms with E-state index in [-0.39, 0.29) is 0 Å². The summed E-state index contributed by atoms with van der Waals surface area (Å²) in [5, 5.41) is 7.04. The molecule has 0 atom stereocenters. The van der Waals surface area contributed by atoms with Crippen LogP contribution >= 0.6 is 0 Å². The first kappa shape index (κ1) is 34.4. The summed E-state index contributed by atoms with van der Waals surface area (Å²) >= 11 is 0. The third kappa shape index (κ3) is 6.26. The summed E-state index contributed by atoms with van der Waals surface area (Å²) in [5.41, 5.74) is 13.7. The maximum absolute atomic E-state index is 5.44. The number of rotatable bonds is 7. The van der Waals surface area contributed by atoms with Crippen LogP contribution in [0.3, 0.4) is 0 Å². The molecule has 10 aromatic carbocycles. The summed E-state index contributed by atoms with van der Waals surface area (Å²) in [7, 11) is 0. The summed E-state index contributed by atoms with van der Waals surface area (Å²) in [5.74, 6) is 0. The first-order chi connectivity index (χ1) is 29.2. The van der Waals surface area contributed by atoms with Crippen LogP contribution in [0.5, 0.6) is 0 Å². The van der Waals surface area contributed by atoms with Crippen molar-refractivity contribution in [2.45, 2.75) is 0 Å². The van der Waals surface area contributed by atoms with Gasteiger partial charge >= 0.3 is 0 Å². The second kappa shape index (κ2) is 14.6. The van der Waals surface area contributed by atoms with E-state index in [0.717, 1.165) is 72.2 Å². The lowest BCUT2D eigenvalue weighted by Crippen LogP contribution is -2.09. The second-order valence-corrected chi connectivity index (χ2v) is 15.0.